The summed E-state index contributed by atoms with van der Waals surface area (Å²) >= 11 is 0. The maximum Gasteiger partial charge on any atom is 0.411 e. The molecular formula is C34H40N6O3Si. The van der Waals surface area contributed by atoms with E-state index in [9.17, 15) is 10.1 Å². The van der Waals surface area contributed by atoms with Gasteiger partial charge in [0, 0.05) is 23.9 Å². The molecular weight excluding hydrogens is 568 g/mol. The van der Waals surface area contributed by atoms with Crippen LogP contribution < -0.4 is 10.5 Å². The Morgan fingerprint density at radius 2 is 1.75 bits per heavy atom. The number of nitrogens with two attached hydrogens (primary N) is 1. The van der Waals surface area contributed by atoms with Crippen molar-refractivity contribution in [2.45, 2.75) is 95.5 Å². The van der Waals surface area contributed by atoms with Gasteiger partial charge in [-0.05, 0) is 98.5 Å². The van der Waals surface area contributed by atoms with Crippen molar-refractivity contribution >= 4 is 25.4 Å². The van der Waals surface area contributed by atoms with Crippen LogP contribution in [-0.4, -0.2) is 40.0 Å². The second-order valence-electron chi connectivity index (χ2n) is 13.7. The minimum Gasteiger partial charge on any atom is -0.414 e. The summed E-state index contributed by atoms with van der Waals surface area (Å²) in [4.78, 5) is 25.6. The van der Waals surface area contributed by atoms with Gasteiger partial charge in [0.1, 0.15) is 6.07 Å². The smallest absolute Gasteiger partial charge is 0.411 e. The van der Waals surface area contributed by atoms with Gasteiger partial charge in [-0.1, -0.05) is 26.8 Å². The van der Waals surface area contributed by atoms with E-state index in [-0.39, 0.29) is 10.9 Å². The Morgan fingerprint density at radius 1 is 1.02 bits per heavy atom. The van der Waals surface area contributed by atoms with Gasteiger partial charge in [0.05, 0.1) is 39.9 Å². The zero-order chi connectivity index (χ0) is 31.2. The average molecular weight is 609 g/mol. The number of aromatic nitrogens is 4. The van der Waals surface area contributed by atoms with Crippen LogP contribution in [0.3, 0.4) is 0 Å². The fraction of sp³-hybridized carbons (Fsp3) is 0.441. The maximum absolute atomic E-state index is 11.6. The number of rotatable bonds is 7. The molecule has 4 aromatic rings. The van der Waals surface area contributed by atoms with Gasteiger partial charge in [-0.25, -0.2) is 19.7 Å². The number of benzene rings is 1. The Labute approximate surface area is 259 Å². The van der Waals surface area contributed by atoms with Crippen molar-refractivity contribution < 1.29 is 14.0 Å². The molecule has 0 aliphatic heterocycles. The molecule has 0 radical (unpaired) electrons. The topological polar surface area (TPSA) is 129 Å². The van der Waals surface area contributed by atoms with E-state index in [0.717, 1.165) is 66.4 Å². The van der Waals surface area contributed by atoms with Crippen LogP contribution >= 0.6 is 0 Å². The summed E-state index contributed by atoms with van der Waals surface area (Å²) in [6, 6.07) is 14.5. The summed E-state index contributed by atoms with van der Waals surface area (Å²) in [5.41, 5.74) is 11.3. The molecule has 0 bridgehead atoms. The van der Waals surface area contributed by atoms with E-state index in [1.807, 2.05) is 12.4 Å². The molecule has 0 saturated heterocycles. The third kappa shape index (κ3) is 5.99. The SMILES string of the molecule is CC(C)(C)[Si](C)(C)O[C@H]1CC[C@H](n2cnc3cc(-c4cc(C5CC5)cc(-c5c(C#N)ccnc5OC(N)=O)n4)ccc32)CC1. The highest BCUT2D eigenvalue weighted by molar-refractivity contribution is 6.74. The molecule has 6 rings (SSSR count). The molecule has 3 aromatic heterocycles. The Morgan fingerprint density at radius 3 is 2.41 bits per heavy atom. The number of hydrogen-bond acceptors (Lipinski definition) is 7. The van der Waals surface area contributed by atoms with E-state index >= 15 is 0 Å². The lowest BCUT2D eigenvalue weighted by Gasteiger charge is -2.41. The van der Waals surface area contributed by atoms with Gasteiger partial charge >= 0.3 is 6.09 Å². The second-order valence-corrected chi connectivity index (χ2v) is 18.4. The third-order valence-corrected chi connectivity index (χ3v) is 14.1. The van der Waals surface area contributed by atoms with Crippen LogP contribution in [0, 0.1) is 11.3 Å². The number of nitrogens with zero attached hydrogens (tertiary/aromatic N) is 5. The molecule has 2 aliphatic rings. The molecule has 228 valence electrons. The van der Waals surface area contributed by atoms with Crippen molar-refractivity contribution in [3.05, 3.63) is 60.0 Å². The number of hydrogen-bond donors (Lipinski definition) is 1. The second kappa shape index (κ2) is 11.5. The molecule has 2 N–H and O–H groups in total. The molecule has 0 atom stereocenters. The third-order valence-electron chi connectivity index (χ3n) is 9.56. The highest BCUT2D eigenvalue weighted by Gasteiger charge is 2.40. The van der Waals surface area contributed by atoms with Crippen molar-refractivity contribution in [1.82, 2.24) is 19.5 Å². The predicted molar refractivity (Wildman–Crippen MR) is 173 cm³/mol. The number of pyridine rings is 2. The molecule has 2 saturated carbocycles. The zero-order valence-corrected chi connectivity index (χ0v) is 27.1. The van der Waals surface area contributed by atoms with Gasteiger partial charge in [0.15, 0.2) is 8.32 Å². The van der Waals surface area contributed by atoms with E-state index in [0.29, 0.717) is 34.9 Å². The van der Waals surface area contributed by atoms with Gasteiger partial charge in [0.25, 0.3) is 0 Å². The monoisotopic (exact) mass is 608 g/mol. The zero-order valence-electron chi connectivity index (χ0n) is 26.1. The largest absolute Gasteiger partial charge is 0.414 e. The number of amides is 1. The molecule has 0 spiro atoms. The quantitative estimate of drug-likeness (QED) is 0.211. The molecule has 0 unspecified atom stereocenters. The van der Waals surface area contributed by atoms with Crippen molar-refractivity contribution in [3.8, 4) is 34.5 Å². The van der Waals surface area contributed by atoms with Crippen LogP contribution in [0.25, 0.3) is 33.5 Å². The molecule has 2 fully saturated rings. The predicted octanol–water partition coefficient (Wildman–Crippen LogP) is 7.87. The summed E-state index contributed by atoms with van der Waals surface area (Å²) in [5.74, 6) is 0.401. The first-order chi connectivity index (χ1) is 20.9. The van der Waals surface area contributed by atoms with Crippen molar-refractivity contribution in [2.24, 2.45) is 5.73 Å². The first-order valence-electron chi connectivity index (χ1n) is 15.5. The van der Waals surface area contributed by atoms with Crippen molar-refractivity contribution in [1.29, 1.82) is 5.26 Å². The maximum atomic E-state index is 11.6. The van der Waals surface area contributed by atoms with E-state index in [1.165, 1.54) is 6.20 Å². The number of carbonyl (C=O) groups excluding carboxylic acids is 1. The normalized spacial score (nSPS) is 19.1. The summed E-state index contributed by atoms with van der Waals surface area (Å²) < 4.78 is 14.2. The number of nitriles is 1. The number of primary amides is 1. The summed E-state index contributed by atoms with van der Waals surface area (Å²) in [7, 11) is -1.78. The Bertz CT molecular complexity index is 1760. The first kappa shape index (κ1) is 30.0. The van der Waals surface area contributed by atoms with Crippen LogP contribution in [0.5, 0.6) is 5.88 Å². The molecule has 44 heavy (non-hydrogen) atoms. The minimum absolute atomic E-state index is 0.0263. The van der Waals surface area contributed by atoms with Crippen LogP contribution in [-0.2, 0) is 4.43 Å². The van der Waals surface area contributed by atoms with E-state index in [4.69, 9.17) is 24.9 Å². The highest BCUT2D eigenvalue weighted by Crippen LogP contribution is 2.44. The molecule has 1 aromatic carbocycles. The van der Waals surface area contributed by atoms with E-state index < -0.39 is 14.4 Å². The average Bonchev–Trinajstić information content (AvgIpc) is 3.75. The fourth-order valence-electron chi connectivity index (χ4n) is 5.95. The molecule has 10 heteroatoms. The molecule has 2 aliphatic carbocycles. The lowest BCUT2D eigenvalue weighted by atomic mass is 9.93. The van der Waals surface area contributed by atoms with Gasteiger partial charge in [0.2, 0.25) is 5.88 Å². The number of imidazole rings is 1. The summed E-state index contributed by atoms with van der Waals surface area (Å²) in [6.45, 7) is 11.6. The Balaban J connectivity index is 1.29. The van der Waals surface area contributed by atoms with Crippen molar-refractivity contribution in [2.75, 3.05) is 0 Å². The van der Waals surface area contributed by atoms with Crippen LogP contribution in [0.4, 0.5) is 4.79 Å². The summed E-state index contributed by atoms with van der Waals surface area (Å²) in [5, 5.41) is 10.1. The Hall–Kier alpha value is -4.07. The lowest BCUT2D eigenvalue weighted by molar-refractivity contribution is 0.119. The van der Waals surface area contributed by atoms with Crippen LogP contribution in [0.2, 0.25) is 18.1 Å². The van der Waals surface area contributed by atoms with Crippen molar-refractivity contribution in [3.63, 3.8) is 0 Å². The standard InChI is InChI=1S/C34H40N6O3Si/c1-34(2,3)44(4,5)43-26-11-9-25(10-12-26)40-20-38-28-16-22(8-13-30(28)40)27-17-24(21-6-7-21)18-29(39-27)31-23(19-35)14-15-37-32(31)42-33(36)41/h8,13-18,20-21,25-26H,6-7,9-12H2,1-5H3,(H2,36,41)/t25-,26-. The molecule has 9 nitrogen and oxygen atoms in total. The lowest BCUT2D eigenvalue weighted by Crippen LogP contribution is -2.44. The number of carbonyl (C=O) groups is 1. The van der Waals surface area contributed by atoms with Gasteiger partial charge in [-0.3, -0.25) is 0 Å². The summed E-state index contributed by atoms with van der Waals surface area (Å²) in [6.07, 6.45) is 9.20. The van der Waals surface area contributed by atoms with E-state index in [1.54, 1.807) is 6.07 Å². The number of fused-ring (bicyclic) bond motifs is 1. The van der Waals surface area contributed by atoms with Gasteiger partial charge < -0.3 is 19.5 Å². The number of ether oxygens (including phenoxy) is 1. The molecule has 1 amide bonds. The Kier molecular flexibility index (Phi) is 7.80. The molecule has 3 heterocycles. The van der Waals surface area contributed by atoms with Crippen LogP contribution in [0.15, 0.2) is 48.9 Å². The van der Waals surface area contributed by atoms with Gasteiger partial charge in [-0.2, -0.15) is 5.26 Å². The first-order valence-corrected chi connectivity index (χ1v) is 18.4. The van der Waals surface area contributed by atoms with E-state index in [2.05, 4.69) is 73.8 Å². The van der Waals surface area contributed by atoms with Crippen LogP contribution in [0.1, 0.15) is 82.4 Å². The highest BCUT2D eigenvalue weighted by atomic mass is 28.4. The fourth-order valence-corrected chi connectivity index (χ4v) is 7.38. The van der Waals surface area contributed by atoms with Gasteiger partial charge in [-0.15, -0.1) is 0 Å². The minimum atomic E-state index is -1.78.